The summed E-state index contributed by atoms with van der Waals surface area (Å²) in [6.07, 6.45) is 0. The number of aromatic nitrogens is 2. The van der Waals surface area contributed by atoms with Gasteiger partial charge in [0.25, 0.3) is 0 Å². The van der Waals surface area contributed by atoms with Gasteiger partial charge in [0.05, 0.1) is 5.02 Å². The number of benzene rings is 1. The second-order valence-electron chi connectivity index (χ2n) is 2.95. The number of hydrogen-bond donors (Lipinski definition) is 1. The van der Waals surface area contributed by atoms with E-state index in [0.717, 1.165) is 0 Å². The van der Waals surface area contributed by atoms with Crippen molar-refractivity contribution in [3.63, 3.8) is 0 Å². The summed E-state index contributed by atoms with van der Waals surface area (Å²) in [5.74, 6) is -0.233. The van der Waals surface area contributed by atoms with Gasteiger partial charge < -0.3 is 10.5 Å². The normalized spacial score (nSPS) is 10.1. The van der Waals surface area contributed by atoms with Crippen molar-refractivity contribution in [3.8, 4) is 11.6 Å². The fraction of sp³-hybridized carbons (Fsp3) is 0. The van der Waals surface area contributed by atoms with Gasteiger partial charge in [-0.15, -0.1) is 10.2 Å². The predicted molar refractivity (Wildman–Crippen MR) is 57.9 cm³/mol. The zero-order chi connectivity index (χ0) is 11.5. The fourth-order valence-electron chi connectivity index (χ4n) is 1.06. The number of nitrogens with two attached hydrogens (primary N) is 1. The molecule has 2 N–H and O–H groups in total. The lowest BCUT2D eigenvalue weighted by Gasteiger charge is -2.05. The van der Waals surface area contributed by atoms with Crippen LogP contribution < -0.4 is 10.5 Å². The maximum atomic E-state index is 13.4. The van der Waals surface area contributed by atoms with Crippen LogP contribution in [-0.4, -0.2) is 10.2 Å². The fourth-order valence-corrected chi connectivity index (χ4v) is 1.23. The van der Waals surface area contributed by atoms with Crippen LogP contribution in [0.5, 0.6) is 11.6 Å². The minimum atomic E-state index is -0.636. The van der Waals surface area contributed by atoms with E-state index in [1.807, 2.05) is 0 Å². The Hall–Kier alpha value is -1.88. The number of anilines is 1. The minimum Gasteiger partial charge on any atom is -0.434 e. The smallest absolute Gasteiger partial charge is 0.239 e. The lowest BCUT2D eigenvalue weighted by atomic mass is 10.3. The molecule has 1 heterocycles. The topological polar surface area (TPSA) is 61.0 Å². The van der Waals surface area contributed by atoms with Crippen molar-refractivity contribution < 1.29 is 9.13 Å². The Morgan fingerprint density at radius 3 is 2.69 bits per heavy atom. The summed E-state index contributed by atoms with van der Waals surface area (Å²) in [7, 11) is 0. The third kappa shape index (κ3) is 2.20. The highest BCUT2D eigenvalue weighted by atomic mass is 35.5. The number of halogens is 2. The van der Waals surface area contributed by atoms with Crippen molar-refractivity contribution in [2.24, 2.45) is 0 Å². The van der Waals surface area contributed by atoms with E-state index in [0.29, 0.717) is 0 Å². The number of nitrogens with zero attached hydrogens (tertiary/aromatic N) is 2. The molecule has 4 nitrogen and oxygen atoms in total. The van der Waals surface area contributed by atoms with Gasteiger partial charge in [-0.3, -0.25) is 0 Å². The molecule has 1 aromatic carbocycles. The summed E-state index contributed by atoms with van der Waals surface area (Å²) >= 11 is 5.59. The highest BCUT2D eigenvalue weighted by Gasteiger charge is 2.08. The molecule has 0 aliphatic carbocycles. The SMILES string of the molecule is Nc1ccc(Oc2cccc(Cl)c2F)nn1. The average Bonchev–Trinajstić information content (AvgIpc) is 2.28. The Morgan fingerprint density at radius 1 is 1.19 bits per heavy atom. The third-order valence-electron chi connectivity index (χ3n) is 1.79. The van der Waals surface area contributed by atoms with E-state index in [4.69, 9.17) is 22.1 Å². The molecular weight excluding hydrogens is 233 g/mol. The molecule has 0 amide bonds. The molecule has 0 aliphatic heterocycles. The Labute approximate surface area is 95.8 Å². The molecule has 2 rings (SSSR count). The van der Waals surface area contributed by atoms with Gasteiger partial charge in [0.1, 0.15) is 5.82 Å². The van der Waals surface area contributed by atoms with Crippen LogP contribution in [0.2, 0.25) is 5.02 Å². The van der Waals surface area contributed by atoms with Crippen molar-refractivity contribution in [1.82, 2.24) is 10.2 Å². The van der Waals surface area contributed by atoms with E-state index in [1.54, 1.807) is 6.07 Å². The predicted octanol–water partition coefficient (Wildman–Crippen LogP) is 2.64. The maximum Gasteiger partial charge on any atom is 0.239 e. The van der Waals surface area contributed by atoms with Gasteiger partial charge in [-0.1, -0.05) is 17.7 Å². The van der Waals surface area contributed by atoms with Gasteiger partial charge in [0.15, 0.2) is 11.6 Å². The van der Waals surface area contributed by atoms with E-state index in [-0.39, 0.29) is 22.5 Å². The second-order valence-corrected chi connectivity index (χ2v) is 3.36. The minimum absolute atomic E-state index is 0.00780. The first kappa shape index (κ1) is 10.6. The Bertz CT molecular complexity index is 504. The molecule has 0 saturated heterocycles. The van der Waals surface area contributed by atoms with Crippen molar-refractivity contribution in [2.75, 3.05) is 5.73 Å². The molecule has 0 atom stereocenters. The molecule has 0 spiro atoms. The molecule has 0 saturated carbocycles. The molecule has 0 radical (unpaired) electrons. The van der Waals surface area contributed by atoms with Crippen molar-refractivity contribution in [3.05, 3.63) is 41.2 Å². The average molecular weight is 240 g/mol. The Balaban J connectivity index is 2.27. The summed E-state index contributed by atoms with van der Waals surface area (Å²) < 4.78 is 18.6. The summed E-state index contributed by atoms with van der Waals surface area (Å²) in [6, 6.07) is 7.44. The lowest BCUT2D eigenvalue weighted by Crippen LogP contribution is -1.96. The first-order chi connectivity index (χ1) is 7.66. The van der Waals surface area contributed by atoms with Crippen LogP contribution >= 0.6 is 11.6 Å². The zero-order valence-corrected chi connectivity index (χ0v) is 8.78. The van der Waals surface area contributed by atoms with E-state index in [1.165, 1.54) is 24.3 Å². The molecule has 0 aliphatic rings. The van der Waals surface area contributed by atoms with Crippen LogP contribution in [0.4, 0.5) is 10.2 Å². The van der Waals surface area contributed by atoms with Crippen LogP contribution in [0.3, 0.4) is 0 Å². The van der Waals surface area contributed by atoms with Gasteiger partial charge in [-0.2, -0.15) is 0 Å². The molecule has 0 unspecified atom stereocenters. The van der Waals surface area contributed by atoms with Gasteiger partial charge in [-0.25, -0.2) is 4.39 Å². The number of hydrogen-bond acceptors (Lipinski definition) is 4. The molecule has 1 aromatic heterocycles. The van der Waals surface area contributed by atoms with Crippen molar-refractivity contribution in [1.29, 1.82) is 0 Å². The highest BCUT2D eigenvalue weighted by molar-refractivity contribution is 6.30. The molecule has 16 heavy (non-hydrogen) atoms. The summed E-state index contributed by atoms with van der Waals surface area (Å²) in [5.41, 5.74) is 5.35. The van der Waals surface area contributed by atoms with Gasteiger partial charge in [-0.05, 0) is 18.2 Å². The highest BCUT2D eigenvalue weighted by Crippen LogP contribution is 2.27. The molecular formula is C10H7ClFN3O. The summed E-state index contributed by atoms with van der Waals surface area (Å²) in [5, 5.41) is 7.20. The summed E-state index contributed by atoms with van der Waals surface area (Å²) in [6.45, 7) is 0. The number of nitrogen functional groups attached to an aromatic ring is 1. The molecule has 2 aromatic rings. The monoisotopic (exact) mass is 239 g/mol. The van der Waals surface area contributed by atoms with Gasteiger partial charge >= 0.3 is 0 Å². The quantitative estimate of drug-likeness (QED) is 0.875. The van der Waals surface area contributed by atoms with Crippen LogP contribution in [0.15, 0.2) is 30.3 Å². The van der Waals surface area contributed by atoms with Gasteiger partial charge in [0.2, 0.25) is 5.88 Å². The molecule has 82 valence electrons. The van der Waals surface area contributed by atoms with Crippen LogP contribution in [-0.2, 0) is 0 Å². The van der Waals surface area contributed by atoms with Crippen molar-refractivity contribution >= 4 is 17.4 Å². The van der Waals surface area contributed by atoms with Crippen LogP contribution in [0.25, 0.3) is 0 Å². The van der Waals surface area contributed by atoms with E-state index < -0.39 is 5.82 Å². The third-order valence-corrected chi connectivity index (χ3v) is 2.08. The van der Waals surface area contributed by atoms with Crippen molar-refractivity contribution in [2.45, 2.75) is 0 Å². The van der Waals surface area contributed by atoms with Gasteiger partial charge in [0, 0.05) is 6.07 Å². The maximum absolute atomic E-state index is 13.4. The Morgan fingerprint density at radius 2 is 2.00 bits per heavy atom. The second kappa shape index (κ2) is 4.32. The molecule has 6 heteroatoms. The van der Waals surface area contributed by atoms with E-state index in [9.17, 15) is 4.39 Å². The zero-order valence-electron chi connectivity index (χ0n) is 8.02. The first-order valence-electron chi connectivity index (χ1n) is 4.38. The van der Waals surface area contributed by atoms with Crippen LogP contribution in [0, 0.1) is 5.82 Å². The van der Waals surface area contributed by atoms with E-state index >= 15 is 0 Å². The number of ether oxygens (including phenoxy) is 1. The standard InChI is InChI=1S/C10H7ClFN3O/c11-6-2-1-3-7(10(6)12)16-9-5-4-8(13)14-15-9/h1-5H,(H2,13,14). The summed E-state index contributed by atoms with van der Waals surface area (Å²) in [4.78, 5) is 0. The molecule has 0 bridgehead atoms. The first-order valence-corrected chi connectivity index (χ1v) is 4.75. The largest absolute Gasteiger partial charge is 0.434 e. The Kier molecular flexibility index (Phi) is 2.87. The van der Waals surface area contributed by atoms with Crippen LogP contribution in [0.1, 0.15) is 0 Å². The number of rotatable bonds is 2. The van der Waals surface area contributed by atoms with E-state index in [2.05, 4.69) is 10.2 Å². The lowest BCUT2D eigenvalue weighted by molar-refractivity contribution is 0.422. The molecule has 0 fully saturated rings.